The maximum Gasteiger partial charge on any atom is 0.356 e. The second kappa shape index (κ2) is 7.66. The number of hydrogen-bond donors (Lipinski definition) is 1. The number of hydrogen-bond acceptors (Lipinski definition) is 5. The molecule has 0 aromatic carbocycles. The van der Waals surface area contributed by atoms with Crippen molar-refractivity contribution in [3.8, 4) is 0 Å². The van der Waals surface area contributed by atoms with Gasteiger partial charge in [0.05, 0.1) is 13.7 Å². The number of pyridine rings is 1. The molecule has 1 heterocycles. The molecule has 0 aliphatic rings. The van der Waals surface area contributed by atoms with Crippen molar-refractivity contribution >= 4 is 11.7 Å². The largest absolute Gasteiger partial charge is 0.464 e. The molecule has 0 aliphatic carbocycles. The maximum atomic E-state index is 11.3. The summed E-state index contributed by atoms with van der Waals surface area (Å²) in [5.74, 6) is 0.103. The van der Waals surface area contributed by atoms with E-state index in [4.69, 9.17) is 4.74 Å². The predicted molar refractivity (Wildman–Crippen MR) is 69.7 cm³/mol. The number of ether oxygens (including phenoxy) is 2. The van der Waals surface area contributed by atoms with Gasteiger partial charge in [-0.1, -0.05) is 13.8 Å². The highest BCUT2D eigenvalue weighted by Gasteiger charge is 2.06. The lowest BCUT2D eigenvalue weighted by molar-refractivity contribution is 0.0594. The Morgan fingerprint density at radius 3 is 2.94 bits per heavy atom. The molecule has 0 radical (unpaired) electrons. The Labute approximate surface area is 108 Å². The summed E-state index contributed by atoms with van der Waals surface area (Å²) < 4.78 is 10.1. The molecule has 0 bridgehead atoms. The molecule has 0 amide bonds. The van der Waals surface area contributed by atoms with Crippen LogP contribution in [0.1, 0.15) is 24.3 Å². The van der Waals surface area contributed by atoms with Crippen molar-refractivity contribution in [3.63, 3.8) is 0 Å². The molecule has 0 spiro atoms. The first kappa shape index (κ1) is 14.4. The summed E-state index contributed by atoms with van der Waals surface area (Å²) in [4.78, 5) is 15.2. The van der Waals surface area contributed by atoms with Crippen LogP contribution in [0.5, 0.6) is 0 Å². The van der Waals surface area contributed by atoms with Gasteiger partial charge in [0, 0.05) is 25.0 Å². The minimum absolute atomic E-state index is 0.297. The summed E-state index contributed by atoms with van der Waals surface area (Å²) in [5.41, 5.74) is 1.13. The van der Waals surface area contributed by atoms with E-state index in [2.05, 4.69) is 28.9 Å². The van der Waals surface area contributed by atoms with Gasteiger partial charge in [0.25, 0.3) is 0 Å². The zero-order chi connectivity index (χ0) is 13.4. The smallest absolute Gasteiger partial charge is 0.356 e. The van der Waals surface area contributed by atoms with Gasteiger partial charge in [-0.15, -0.1) is 0 Å². The Kier molecular flexibility index (Phi) is 6.14. The maximum absolute atomic E-state index is 11.3. The van der Waals surface area contributed by atoms with Gasteiger partial charge >= 0.3 is 5.97 Å². The molecule has 0 fully saturated rings. The Morgan fingerprint density at radius 1 is 1.50 bits per heavy atom. The quantitative estimate of drug-likeness (QED) is 0.593. The van der Waals surface area contributed by atoms with E-state index < -0.39 is 5.97 Å². The molecule has 0 saturated carbocycles. The Bertz CT molecular complexity index is 380. The highest BCUT2D eigenvalue weighted by molar-refractivity contribution is 5.88. The van der Waals surface area contributed by atoms with Gasteiger partial charge in [-0.25, -0.2) is 9.78 Å². The minimum Gasteiger partial charge on any atom is -0.464 e. The molecule has 18 heavy (non-hydrogen) atoms. The molecular formula is C13H20N2O3. The zero-order valence-electron chi connectivity index (χ0n) is 11.1. The van der Waals surface area contributed by atoms with Crippen LogP contribution in [0, 0.1) is 5.92 Å². The molecule has 1 rings (SSSR count). The predicted octanol–water partition coefficient (Wildman–Crippen LogP) is 1.95. The van der Waals surface area contributed by atoms with Crippen molar-refractivity contribution in [2.24, 2.45) is 5.92 Å². The molecule has 0 unspecified atom stereocenters. The SMILES string of the molecule is COC(=O)c1cc(NCCOCC(C)C)ccn1. The fourth-order valence-electron chi connectivity index (χ4n) is 1.34. The topological polar surface area (TPSA) is 60.5 Å². The average Bonchev–Trinajstić information content (AvgIpc) is 2.37. The lowest BCUT2D eigenvalue weighted by Crippen LogP contribution is -2.13. The number of nitrogens with one attached hydrogen (secondary N) is 1. The minimum atomic E-state index is -0.435. The van der Waals surface area contributed by atoms with E-state index in [9.17, 15) is 4.79 Å². The first-order valence-corrected chi connectivity index (χ1v) is 5.99. The van der Waals surface area contributed by atoms with E-state index in [0.717, 1.165) is 12.3 Å². The van der Waals surface area contributed by atoms with Crippen molar-refractivity contribution in [2.75, 3.05) is 32.2 Å². The number of methoxy groups -OCH3 is 1. The van der Waals surface area contributed by atoms with E-state index in [1.165, 1.54) is 7.11 Å². The monoisotopic (exact) mass is 252 g/mol. The third-order valence-corrected chi connectivity index (χ3v) is 2.18. The van der Waals surface area contributed by atoms with E-state index in [1.54, 1.807) is 18.3 Å². The summed E-state index contributed by atoms with van der Waals surface area (Å²) in [5, 5.41) is 3.16. The van der Waals surface area contributed by atoms with Crippen LogP contribution in [0.3, 0.4) is 0 Å². The molecule has 1 aromatic heterocycles. The first-order valence-electron chi connectivity index (χ1n) is 5.99. The Hall–Kier alpha value is -1.62. The molecule has 100 valence electrons. The van der Waals surface area contributed by atoms with Crippen molar-refractivity contribution in [1.29, 1.82) is 0 Å². The van der Waals surface area contributed by atoms with Crippen LogP contribution in [0.15, 0.2) is 18.3 Å². The van der Waals surface area contributed by atoms with Gasteiger partial charge in [-0.3, -0.25) is 0 Å². The van der Waals surface area contributed by atoms with Crippen LogP contribution in [-0.4, -0.2) is 37.8 Å². The fraction of sp³-hybridized carbons (Fsp3) is 0.538. The van der Waals surface area contributed by atoms with Crippen LogP contribution >= 0.6 is 0 Å². The molecule has 5 nitrogen and oxygen atoms in total. The third kappa shape index (κ3) is 5.14. The van der Waals surface area contributed by atoms with Crippen LogP contribution < -0.4 is 5.32 Å². The molecule has 1 aromatic rings. The lowest BCUT2D eigenvalue weighted by atomic mass is 10.2. The number of esters is 1. The van der Waals surface area contributed by atoms with Gasteiger partial charge < -0.3 is 14.8 Å². The molecule has 1 N–H and O–H groups in total. The van der Waals surface area contributed by atoms with Crippen molar-refractivity contribution in [3.05, 3.63) is 24.0 Å². The highest BCUT2D eigenvalue weighted by Crippen LogP contribution is 2.08. The second-order valence-corrected chi connectivity index (χ2v) is 4.32. The number of anilines is 1. The number of carbonyl (C=O) groups excluding carboxylic acids is 1. The number of rotatable bonds is 7. The Morgan fingerprint density at radius 2 is 2.28 bits per heavy atom. The molecule has 0 aliphatic heterocycles. The van der Waals surface area contributed by atoms with Gasteiger partial charge in [-0.2, -0.15) is 0 Å². The first-order chi connectivity index (χ1) is 8.63. The van der Waals surface area contributed by atoms with Crippen LogP contribution in [0.4, 0.5) is 5.69 Å². The second-order valence-electron chi connectivity index (χ2n) is 4.32. The van der Waals surface area contributed by atoms with E-state index in [-0.39, 0.29) is 0 Å². The molecule has 0 atom stereocenters. The van der Waals surface area contributed by atoms with Gasteiger partial charge in [-0.05, 0) is 18.1 Å². The summed E-state index contributed by atoms with van der Waals surface area (Å²) in [6, 6.07) is 3.46. The Balaban J connectivity index is 2.36. The van der Waals surface area contributed by atoms with Crippen LogP contribution in [-0.2, 0) is 9.47 Å². The van der Waals surface area contributed by atoms with E-state index in [0.29, 0.717) is 24.8 Å². The lowest BCUT2D eigenvalue weighted by Gasteiger charge is -2.09. The highest BCUT2D eigenvalue weighted by atomic mass is 16.5. The van der Waals surface area contributed by atoms with Crippen LogP contribution in [0.25, 0.3) is 0 Å². The van der Waals surface area contributed by atoms with Gasteiger partial charge in [0.15, 0.2) is 0 Å². The summed E-state index contributed by atoms with van der Waals surface area (Å²) in [6.07, 6.45) is 1.57. The van der Waals surface area contributed by atoms with E-state index >= 15 is 0 Å². The van der Waals surface area contributed by atoms with Crippen LogP contribution in [0.2, 0.25) is 0 Å². The number of carbonyl (C=O) groups is 1. The van der Waals surface area contributed by atoms with Crippen molar-refractivity contribution in [2.45, 2.75) is 13.8 Å². The molecule has 5 heteroatoms. The van der Waals surface area contributed by atoms with Crippen molar-refractivity contribution in [1.82, 2.24) is 4.98 Å². The summed E-state index contributed by atoms with van der Waals surface area (Å²) >= 11 is 0. The summed E-state index contributed by atoms with van der Waals surface area (Å²) in [7, 11) is 1.34. The fourth-order valence-corrected chi connectivity index (χ4v) is 1.34. The molecule has 0 saturated heterocycles. The number of aromatic nitrogens is 1. The number of nitrogens with zero attached hydrogens (tertiary/aromatic N) is 1. The summed E-state index contributed by atoms with van der Waals surface area (Å²) in [6.45, 7) is 6.30. The molecular weight excluding hydrogens is 232 g/mol. The average molecular weight is 252 g/mol. The van der Waals surface area contributed by atoms with Gasteiger partial charge in [0.2, 0.25) is 0 Å². The van der Waals surface area contributed by atoms with E-state index in [1.807, 2.05) is 0 Å². The third-order valence-electron chi connectivity index (χ3n) is 2.18. The normalized spacial score (nSPS) is 10.4. The standard InChI is InChI=1S/C13H20N2O3/c1-10(2)9-18-7-6-14-11-4-5-15-12(8-11)13(16)17-3/h4-5,8,10H,6-7,9H2,1-3H3,(H,14,15). The zero-order valence-corrected chi connectivity index (χ0v) is 11.1. The van der Waals surface area contributed by atoms with Gasteiger partial charge in [0.1, 0.15) is 5.69 Å². The van der Waals surface area contributed by atoms with Crippen molar-refractivity contribution < 1.29 is 14.3 Å².